The molecule has 4 rings (SSSR count). The van der Waals surface area contributed by atoms with Gasteiger partial charge in [-0.05, 0) is 24.3 Å². The van der Waals surface area contributed by atoms with Crippen molar-refractivity contribution < 1.29 is 21.6 Å². The van der Waals surface area contributed by atoms with Gasteiger partial charge in [-0.3, -0.25) is 0 Å². The summed E-state index contributed by atoms with van der Waals surface area (Å²) in [4.78, 5) is 12.3. The van der Waals surface area contributed by atoms with E-state index in [9.17, 15) is 21.6 Å². The number of pyridine rings is 2. The minimum Gasteiger partial charge on any atom is -0.306 e. The van der Waals surface area contributed by atoms with E-state index in [-0.39, 0.29) is 27.7 Å². The van der Waals surface area contributed by atoms with Crippen molar-refractivity contribution >= 4 is 15.5 Å². The number of sulfone groups is 1. The van der Waals surface area contributed by atoms with Gasteiger partial charge in [-0.25, -0.2) is 28.1 Å². The molecule has 0 aliphatic rings. The van der Waals surface area contributed by atoms with Crippen LogP contribution >= 0.6 is 0 Å². The third-order valence-corrected chi connectivity index (χ3v) is 6.00. The Balaban J connectivity index is 1.93. The number of rotatable bonds is 4. The smallest absolute Gasteiger partial charge is 0.306 e. The monoisotopic (exact) mass is 422 g/mol. The van der Waals surface area contributed by atoms with E-state index in [1.54, 1.807) is 0 Å². The van der Waals surface area contributed by atoms with Crippen molar-refractivity contribution in [2.45, 2.75) is 18.0 Å². The number of imidazole rings is 1. The van der Waals surface area contributed by atoms with E-state index in [0.717, 1.165) is 12.1 Å². The maximum atomic E-state index is 13.0. The summed E-state index contributed by atoms with van der Waals surface area (Å²) in [5.74, 6) is 0.122. The molecular formula is C17H13F3N6O2S. The second kappa shape index (κ2) is 6.65. The molecule has 4 aromatic rings. The molecule has 0 aliphatic heterocycles. The number of aromatic nitrogens is 6. The predicted molar refractivity (Wildman–Crippen MR) is 96.1 cm³/mol. The Morgan fingerprint density at radius 2 is 1.93 bits per heavy atom. The van der Waals surface area contributed by atoms with E-state index in [0.29, 0.717) is 5.82 Å². The first-order valence-corrected chi connectivity index (χ1v) is 9.99. The zero-order chi connectivity index (χ0) is 20.8. The van der Waals surface area contributed by atoms with Crippen molar-refractivity contribution in [3.05, 3.63) is 54.9 Å². The van der Waals surface area contributed by atoms with E-state index in [4.69, 9.17) is 0 Å². The average molecular weight is 422 g/mol. The number of hydrogen-bond donors (Lipinski definition) is 0. The Bertz CT molecular complexity index is 1300. The van der Waals surface area contributed by atoms with E-state index in [1.807, 2.05) is 0 Å². The molecule has 0 aliphatic carbocycles. The number of hydrogen-bond acceptors (Lipinski definition) is 6. The first kappa shape index (κ1) is 19.1. The van der Waals surface area contributed by atoms with Crippen LogP contribution in [-0.4, -0.2) is 43.3 Å². The zero-order valence-corrected chi connectivity index (χ0v) is 15.7. The van der Waals surface area contributed by atoms with Crippen LogP contribution in [0.15, 0.2) is 54.2 Å². The molecule has 0 amide bonds. The van der Waals surface area contributed by atoms with Crippen LogP contribution < -0.4 is 0 Å². The lowest BCUT2D eigenvalue weighted by Crippen LogP contribution is -2.09. The second-order valence-corrected chi connectivity index (χ2v) is 8.31. The highest BCUT2D eigenvalue weighted by atomic mass is 32.2. The highest BCUT2D eigenvalue weighted by Crippen LogP contribution is 2.31. The van der Waals surface area contributed by atoms with Crippen molar-refractivity contribution in [3.63, 3.8) is 0 Å². The van der Waals surface area contributed by atoms with Crippen LogP contribution in [0, 0.1) is 0 Å². The van der Waals surface area contributed by atoms with Crippen LogP contribution in [0.3, 0.4) is 0 Å². The van der Waals surface area contributed by atoms with Crippen molar-refractivity contribution in [2.24, 2.45) is 0 Å². The lowest BCUT2D eigenvalue weighted by molar-refractivity contribution is -0.137. The highest BCUT2D eigenvalue weighted by molar-refractivity contribution is 7.91. The predicted octanol–water partition coefficient (Wildman–Crippen LogP) is 2.79. The third-order valence-electron chi connectivity index (χ3n) is 4.24. The highest BCUT2D eigenvalue weighted by Gasteiger charge is 2.31. The molecule has 0 bridgehead atoms. The van der Waals surface area contributed by atoms with Crippen molar-refractivity contribution in [2.75, 3.05) is 5.75 Å². The molecule has 12 heteroatoms. The van der Waals surface area contributed by atoms with Gasteiger partial charge in [0.1, 0.15) is 29.7 Å². The molecule has 0 radical (unpaired) electrons. The Morgan fingerprint density at radius 3 is 2.59 bits per heavy atom. The minimum absolute atomic E-state index is 0.0163. The summed E-state index contributed by atoms with van der Waals surface area (Å²) in [6.07, 6.45) is 0.804. The maximum absolute atomic E-state index is 13.0. The number of nitrogens with zero attached hydrogens (tertiary/aromatic N) is 6. The van der Waals surface area contributed by atoms with Gasteiger partial charge in [-0.2, -0.15) is 18.3 Å². The second-order valence-electron chi connectivity index (χ2n) is 6.06. The molecule has 0 N–H and O–H groups in total. The topological polar surface area (TPSA) is 95.0 Å². The summed E-state index contributed by atoms with van der Waals surface area (Å²) in [5.41, 5.74) is -0.689. The largest absolute Gasteiger partial charge is 0.416 e. The molecule has 4 heterocycles. The lowest BCUT2D eigenvalue weighted by Gasteiger charge is -2.09. The van der Waals surface area contributed by atoms with Crippen LogP contribution in [0.2, 0.25) is 0 Å². The van der Waals surface area contributed by atoms with E-state index >= 15 is 0 Å². The third kappa shape index (κ3) is 3.46. The van der Waals surface area contributed by atoms with Crippen LogP contribution in [0.25, 0.3) is 22.9 Å². The summed E-state index contributed by atoms with van der Waals surface area (Å²) in [5, 5.41) is 3.96. The van der Waals surface area contributed by atoms with Gasteiger partial charge in [0.2, 0.25) is 0 Å². The molecule has 0 saturated carbocycles. The lowest BCUT2D eigenvalue weighted by atomic mass is 10.2. The maximum Gasteiger partial charge on any atom is 0.416 e. The van der Waals surface area contributed by atoms with Gasteiger partial charge in [0.15, 0.2) is 15.7 Å². The Morgan fingerprint density at radius 1 is 1.14 bits per heavy atom. The molecule has 0 aromatic carbocycles. The molecule has 8 nitrogen and oxygen atoms in total. The molecule has 0 unspecified atom stereocenters. The normalized spacial score (nSPS) is 12.6. The van der Waals surface area contributed by atoms with Gasteiger partial charge in [0.25, 0.3) is 0 Å². The van der Waals surface area contributed by atoms with Gasteiger partial charge in [0.05, 0.1) is 16.2 Å². The van der Waals surface area contributed by atoms with Crippen LogP contribution in [0.5, 0.6) is 0 Å². The SMILES string of the molecule is CCS(=O)(=O)c1ccc(-n2cncn2)nc1-c1cn2ccc(C(F)(F)F)cc2n1. The minimum atomic E-state index is -4.52. The Labute approximate surface area is 162 Å². The van der Waals surface area contributed by atoms with Gasteiger partial charge in [-0.1, -0.05) is 6.92 Å². The molecule has 0 spiro atoms. The van der Waals surface area contributed by atoms with Crippen molar-refractivity contribution in [1.29, 1.82) is 0 Å². The van der Waals surface area contributed by atoms with Crippen LogP contribution in [0.4, 0.5) is 13.2 Å². The molecule has 0 fully saturated rings. The van der Waals surface area contributed by atoms with Gasteiger partial charge in [0, 0.05) is 12.4 Å². The fraction of sp³-hybridized carbons (Fsp3) is 0.176. The van der Waals surface area contributed by atoms with Crippen molar-refractivity contribution in [3.8, 4) is 17.2 Å². The van der Waals surface area contributed by atoms with Crippen LogP contribution in [0.1, 0.15) is 12.5 Å². The summed E-state index contributed by atoms with van der Waals surface area (Å²) < 4.78 is 66.7. The Hall–Kier alpha value is -3.28. The average Bonchev–Trinajstić information content (AvgIpc) is 3.36. The molecular weight excluding hydrogens is 409 g/mol. The quantitative estimate of drug-likeness (QED) is 0.502. The molecule has 0 saturated heterocycles. The fourth-order valence-electron chi connectivity index (χ4n) is 2.75. The summed E-state index contributed by atoms with van der Waals surface area (Å²) >= 11 is 0. The zero-order valence-electron chi connectivity index (χ0n) is 14.9. The molecule has 0 atom stereocenters. The van der Waals surface area contributed by atoms with Gasteiger partial charge < -0.3 is 4.40 Å². The Kier molecular flexibility index (Phi) is 4.37. The fourth-order valence-corrected chi connectivity index (χ4v) is 3.78. The van der Waals surface area contributed by atoms with Crippen molar-refractivity contribution in [1.82, 2.24) is 29.1 Å². The first-order valence-electron chi connectivity index (χ1n) is 8.34. The summed E-state index contributed by atoms with van der Waals surface area (Å²) in [7, 11) is -3.67. The first-order chi connectivity index (χ1) is 13.7. The molecule has 29 heavy (non-hydrogen) atoms. The van der Waals surface area contributed by atoms with Gasteiger partial charge in [-0.15, -0.1) is 0 Å². The molecule has 150 valence electrons. The van der Waals surface area contributed by atoms with E-state index < -0.39 is 21.6 Å². The van der Waals surface area contributed by atoms with Crippen LogP contribution in [-0.2, 0) is 16.0 Å². The number of alkyl halides is 3. The number of halogens is 3. The van der Waals surface area contributed by atoms with E-state index in [1.165, 1.54) is 53.2 Å². The van der Waals surface area contributed by atoms with Gasteiger partial charge >= 0.3 is 6.18 Å². The summed E-state index contributed by atoms with van der Waals surface area (Å²) in [6.45, 7) is 1.49. The summed E-state index contributed by atoms with van der Waals surface area (Å²) in [6, 6.07) is 4.65. The standard InChI is InChI=1S/C17H13F3N6O2S/c1-2-29(27,28)13-3-4-14(26-10-21-9-22-26)24-16(13)12-8-25-6-5-11(17(18,19)20)7-15(25)23-12/h3-10H,2H2,1H3. The van der Waals surface area contributed by atoms with E-state index in [2.05, 4.69) is 20.1 Å². The number of fused-ring (bicyclic) bond motifs is 1. The molecule has 4 aromatic heterocycles.